The maximum absolute atomic E-state index is 12.2. The maximum Gasteiger partial charge on any atom is 0.325 e. The Balaban J connectivity index is 1.29. The summed E-state index contributed by atoms with van der Waals surface area (Å²) < 4.78 is 11.1. The van der Waals surface area contributed by atoms with Crippen LogP contribution >= 0.6 is 0 Å². The number of aryl methyl sites for hydroxylation is 1. The van der Waals surface area contributed by atoms with Crippen molar-refractivity contribution in [3.63, 3.8) is 0 Å². The second kappa shape index (κ2) is 10.1. The number of methoxy groups -OCH3 is 1. The van der Waals surface area contributed by atoms with E-state index in [0.29, 0.717) is 36.0 Å². The number of ether oxygens (including phenoxy) is 2. The molecule has 2 aromatic rings. The van der Waals surface area contributed by atoms with E-state index in [2.05, 4.69) is 37.4 Å². The topological polar surface area (TPSA) is 109 Å². The van der Waals surface area contributed by atoms with Crippen molar-refractivity contribution in [3.05, 3.63) is 36.2 Å². The van der Waals surface area contributed by atoms with Gasteiger partial charge in [-0.1, -0.05) is 0 Å². The van der Waals surface area contributed by atoms with Crippen LogP contribution in [0.3, 0.4) is 0 Å². The minimum Gasteiger partial charge on any atom is -0.454 e. The molecular formula is C23H30N6O4. The minimum absolute atomic E-state index is 0.104. The molecule has 1 saturated carbocycles. The van der Waals surface area contributed by atoms with E-state index in [1.54, 1.807) is 37.7 Å². The summed E-state index contributed by atoms with van der Waals surface area (Å²) in [4.78, 5) is 37.6. The van der Waals surface area contributed by atoms with Gasteiger partial charge in [0.15, 0.2) is 5.75 Å². The number of aromatic nitrogens is 2. The molecule has 0 unspecified atom stereocenters. The largest absolute Gasteiger partial charge is 0.454 e. The number of nitrogens with zero attached hydrogens (tertiary/aromatic N) is 4. The average Bonchev–Trinajstić information content (AvgIpc) is 2.76. The molecule has 0 bridgehead atoms. The second-order valence-electron chi connectivity index (χ2n) is 8.56. The Morgan fingerprint density at radius 2 is 1.79 bits per heavy atom. The molecule has 0 radical (unpaired) electrons. The molecule has 1 aromatic heterocycles. The molecule has 3 amide bonds. The van der Waals surface area contributed by atoms with Gasteiger partial charge in [-0.2, -0.15) is 0 Å². The van der Waals surface area contributed by atoms with Gasteiger partial charge >= 0.3 is 6.03 Å². The number of carbonyl (C=O) groups is 2. The summed E-state index contributed by atoms with van der Waals surface area (Å²) in [7, 11) is 3.73. The smallest absolute Gasteiger partial charge is 0.325 e. The monoisotopic (exact) mass is 454 g/mol. The highest BCUT2D eigenvalue weighted by Gasteiger charge is 2.35. The molecule has 2 heterocycles. The quantitative estimate of drug-likeness (QED) is 0.685. The number of urea groups is 1. The molecule has 2 fully saturated rings. The van der Waals surface area contributed by atoms with Crippen molar-refractivity contribution in [2.45, 2.75) is 25.9 Å². The molecule has 1 aromatic carbocycles. The van der Waals surface area contributed by atoms with Gasteiger partial charge in [0, 0.05) is 44.9 Å². The number of likely N-dealkylation sites (N-methyl/N-ethyl adjacent to an activating group) is 1. The van der Waals surface area contributed by atoms with Gasteiger partial charge in [0.2, 0.25) is 11.9 Å². The van der Waals surface area contributed by atoms with Crippen molar-refractivity contribution < 1.29 is 19.1 Å². The summed E-state index contributed by atoms with van der Waals surface area (Å²) in [6.45, 7) is 5.66. The molecule has 4 rings (SSSR count). The first kappa shape index (κ1) is 22.9. The third kappa shape index (κ3) is 5.77. The van der Waals surface area contributed by atoms with Crippen LogP contribution in [0.2, 0.25) is 0 Å². The number of hydrogen-bond acceptors (Lipinski definition) is 8. The number of anilines is 2. The van der Waals surface area contributed by atoms with Gasteiger partial charge in [-0.3, -0.25) is 10.1 Å². The van der Waals surface area contributed by atoms with Gasteiger partial charge in [0.25, 0.3) is 0 Å². The fourth-order valence-electron chi connectivity index (χ4n) is 3.85. The van der Waals surface area contributed by atoms with Crippen LogP contribution in [0.1, 0.15) is 18.4 Å². The summed E-state index contributed by atoms with van der Waals surface area (Å²) in [5, 5.41) is 5.07. The zero-order chi connectivity index (χ0) is 23.4. The van der Waals surface area contributed by atoms with E-state index in [9.17, 15) is 9.59 Å². The Kier molecular flexibility index (Phi) is 7.05. The van der Waals surface area contributed by atoms with Crippen LogP contribution in [0.25, 0.3) is 0 Å². The zero-order valence-corrected chi connectivity index (χ0v) is 19.2. The predicted octanol–water partition coefficient (Wildman–Crippen LogP) is 2.40. The SMILES string of the molecule is COC1CC(C(=O)NC(=O)Nc2ccc(Oc3cnc(N4CCN(C)CC4)nc3)c(C)c2)C1. The Morgan fingerprint density at radius 1 is 1.09 bits per heavy atom. The third-order valence-corrected chi connectivity index (χ3v) is 6.10. The number of amides is 3. The van der Waals surface area contributed by atoms with E-state index < -0.39 is 6.03 Å². The van der Waals surface area contributed by atoms with Crippen LogP contribution < -0.4 is 20.3 Å². The van der Waals surface area contributed by atoms with Crippen molar-refractivity contribution in [1.82, 2.24) is 20.2 Å². The number of hydrogen-bond donors (Lipinski definition) is 2. The molecule has 2 N–H and O–H groups in total. The molecule has 1 aliphatic carbocycles. The van der Waals surface area contributed by atoms with E-state index in [1.165, 1.54) is 0 Å². The standard InChI is InChI=1S/C23H30N6O4/c1-15-10-17(26-23(31)27-21(30)16-11-18(12-16)32-3)4-5-20(15)33-19-13-24-22(25-14-19)29-8-6-28(2)7-9-29/h4-5,10,13-14,16,18H,6-9,11-12H2,1-3H3,(H2,26,27,30,31). The molecule has 176 valence electrons. The lowest BCUT2D eigenvalue weighted by atomic mass is 9.81. The van der Waals surface area contributed by atoms with Crippen molar-refractivity contribution >= 4 is 23.6 Å². The number of piperazine rings is 1. The minimum atomic E-state index is -0.554. The molecule has 10 heteroatoms. The van der Waals surface area contributed by atoms with Crippen molar-refractivity contribution in [2.24, 2.45) is 5.92 Å². The average molecular weight is 455 g/mol. The molecule has 0 atom stereocenters. The van der Waals surface area contributed by atoms with Gasteiger partial charge < -0.3 is 24.6 Å². The van der Waals surface area contributed by atoms with Crippen LogP contribution in [0.4, 0.5) is 16.4 Å². The summed E-state index contributed by atoms with van der Waals surface area (Å²) in [6, 6.07) is 4.71. The molecule has 2 aliphatic rings. The van der Waals surface area contributed by atoms with Gasteiger partial charge in [-0.05, 0) is 50.6 Å². The first-order valence-electron chi connectivity index (χ1n) is 11.1. The first-order chi connectivity index (χ1) is 15.9. The third-order valence-electron chi connectivity index (χ3n) is 6.10. The molecule has 1 aliphatic heterocycles. The van der Waals surface area contributed by atoms with Crippen LogP contribution in [0.5, 0.6) is 11.5 Å². The van der Waals surface area contributed by atoms with E-state index in [-0.39, 0.29) is 17.9 Å². The lowest BCUT2D eigenvalue weighted by molar-refractivity contribution is -0.131. The summed E-state index contributed by atoms with van der Waals surface area (Å²) in [6.07, 6.45) is 4.72. The normalized spacial score (nSPS) is 20.6. The highest BCUT2D eigenvalue weighted by atomic mass is 16.5. The van der Waals surface area contributed by atoms with Crippen molar-refractivity contribution in [2.75, 3.05) is 50.6 Å². The summed E-state index contributed by atoms with van der Waals surface area (Å²) in [5.41, 5.74) is 1.39. The van der Waals surface area contributed by atoms with Gasteiger partial charge in [-0.25, -0.2) is 14.8 Å². The number of imide groups is 1. The van der Waals surface area contributed by atoms with Crippen LogP contribution in [0.15, 0.2) is 30.6 Å². The summed E-state index contributed by atoms with van der Waals surface area (Å²) in [5.74, 6) is 1.41. The van der Waals surface area contributed by atoms with E-state index in [4.69, 9.17) is 9.47 Å². The van der Waals surface area contributed by atoms with E-state index in [0.717, 1.165) is 31.7 Å². The highest BCUT2D eigenvalue weighted by Crippen LogP contribution is 2.30. The van der Waals surface area contributed by atoms with Gasteiger partial charge in [0.05, 0.1) is 18.5 Å². The molecule has 33 heavy (non-hydrogen) atoms. The van der Waals surface area contributed by atoms with Crippen LogP contribution in [0, 0.1) is 12.8 Å². The first-order valence-corrected chi connectivity index (χ1v) is 11.1. The van der Waals surface area contributed by atoms with Gasteiger partial charge in [0.1, 0.15) is 5.75 Å². The molecular weight excluding hydrogens is 424 g/mol. The molecule has 10 nitrogen and oxygen atoms in total. The number of rotatable bonds is 6. The Labute approximate surface area is 193 Å². The van der Waals surface area contributed by atoms with E-state index in [1.807, 2.05) is 6.92 Å². The predicted molar refractivity (Wildman–Crippen MR) is 124 cm³/mol. The fraction of sp³-hybridized carbons (Fsp3) is 0.478. The molecule has 0 spiro atoms. The highest BCUT2D eigenvalue weighted by molar-refractivity contribution is 6.02. The summed E-state index contributed by atoms with van der Waals surface area (Å²) >= 11 is 0. The number of benzene rings is 1. The zero-order valence-electron chi connectivity index (χ0n) is 19.2. The maximum atomic E-state index is 12.2. The number of nitrogens with one attached hydrogen (secondary N) is 2. The molecule has 1 saturated heterocycles. The fourth-order valence-corrected chi connectivity index (χ4v) is 3.85. The second-order valence-corrected chi connectivity index (χ2v) is 8.56. The Hall–Kier alpha value is -3.24. The van der Waals surface area contributed by atoms with Crippen LogP contribution in [-0.4, -0.2) is 73.2 Å². The lowest BCUT2D eigenvalue weighted by Gasteiger charge is -2.32. The Bertz CT molecular complexity index is 985. The van der Waals surface area contributed by atoms with Crippen molar-refractivity contribution in [3.8, 4) is 11.5 Å². The Morgan fingerprint density at radius 3 is 2.42 bits per heavy atom. The number of carbonyl (C=O) groups excluding carboxylic acids is 2. The van der Waals surface area contributed by atoms with E-state index >= 15 is 0 Å². The lowest BCUT2D eigenvalue weighted by Crippen LogP contribution is -2.45. The van der Waals surface area contributed by atoms with Gasteiger partial charge in [-0.15, -0.1) is 0 Å². The van der Waals surface area contributed by atoms with Crippen molar-refractivity contribution in [1.29, 1.82) is 0 Å². The van der Waals surface area contributed by atoms with Crippen LogP contribution in [-0.2, 0) is 9.53 Å².